The molecule has 0 heterocycles. The number of carbonyl (C=O) groups excluding carboxylic acids is 1. The van der Waals surface area contributed by atoms with Gasteiger partial charge in [0.2, 0.25) is 0 Å². The van der Waals surface area contributed by atoms with Crippen LogP contribution in [0.5, 0.6) is 11.5 Å². The Morgan fingerprint density at radius 2 is 1.80 bits per heavy atom. The number of nitrogens with zero attached hydrogens (tertiary/aromatic N) is 1. The van der Waals surface area contributed by atoms with Gasteiger partial charge in [-0.1, -0.05) is 18.5 Å². The maximum Gasteiger partial charge on any atom is 0.289 e. The third kappa shape index (κ3) is 5.65. The predicted octanol–water partition coefficient (Wildman–Crippen LogP) is 4.05. The number of nitrogens with one attached hydrogen (secondary N) is 1. The zero-order chi connectivity index (χ0) is 18.2. The lowest BCUT2D eigenvalue weighted by Crippen LogP contribution is -2.20. The van der Waals surface area contributed by atoms with Gasteiger partial charge in [-0.05, 0) is 42.8 Å². The fourth-order valence-corrected chi connectivity index (χ4v) is 2.11. The molecule has 2 rings (SSSR count). The van der Waals surface area contributed by atoms with E-state index in [2.05, 4.69) is 5.32 Å². The van der Waals surface area contributed by atoms with Gasteiger partial charge in [0.05, 0.1) is 11.5 Å². The van der Waals surface area contributed by atoms with Crippen LogP contribution in [0.4, 0.5) is 11.4 Å². The molecule has 0 saturated carbocycles. The molecule has 0 aromatic heterocycles. The molecule has 8 heteroatoms. The number of nitro benzene ring substituents is 1. The predicted molar refractivity (Wildman–Crippen MR) is 94.5 cm³/mol. The zero-order valence-corrected chi connectivity index (χ0v) is 14.3. The van der Waals surface area contributed by atoms with Crippen molar-refractivity contribution in [3.8, 4) is 11.5 Å². The smallest absolute Gasteiger partial charge is 0.289 e. The molecule has 0 radical (unpaired) electrons. The molecule has 0 unspecified atom stereocenters. The number of benzene rings is 2. The Hall–Kier alpha value is -2.80. The molecule has 132 valence electrons. The number of anilines is 1. The highest BCUT2D eigenvalue weighted by Gasteiger charge is 2.14. The Morgan fingerprint density at radius 3 is 2.40 bits per heavy atom. The summed E-state index contributed by atoms with van der Waals surface area (Å²) in [6.45, 7) is 2.42. The summed E-state index contributed by atoms with van der Waals surface area (Å²) in [6.07, 6.45) is 0.918. The second-order valence-corrected chi connectivity index (χ2v) is 5.49. The van der Waals surface area contributed by atoms with Crippen LogP contribution >= 0.6 is 11.6 Å². The average molecular weight is 365 g/mol. The lowest BCUT2D eigenvalue weighted by atomic mass is 10.3. The summed E-state index contributed by atoms with van der Waals surface area (Å²) in [5, 5.41) is 13.4. The first-order valence-corrected chi connectivity index (χ1v) is 7.97. The van der Waals surface area contributed by atoms with Crippen LogP contribution in [0.15, 0.2) is 42.5 Å². The van der Waals surface area contributed by atoms with Crippen LogP contribution in [0, 0.1) is 10.1 Å². The maximum absolute atomic E-state index is 11.9. The van der Waals surface area contributed by atoms with E-state index in [1.807, 2.05) is 6.92 Å². The van der Waals surface area contributed by atoms with Crippen molar-refractivity contribution >= 4 is 28.9 Å². The summed E-state index contributed by atoms with van der Waals surface area (Å²) < 4.78 is 10.8. The molecule has 7 nitrogen and oxygen atoms in total. The summed E-state index contributed by atoms with van der Waals surface area (Å²) in [4.78, 5) is 22.1. The number of amides is 1. The molecule has 0 spiro atoms. The normalized spacial score (nSPS) is 10.2. The number of carbonyl (C=O) groups is 1. The molecule has 0 aliphatic carbocycles. The Labute approximate surface area is 149 Å². The molecule has 0 saturated heterocycles. The number of ether oxygens (including phenoxy) is 2. The van der Waals surface area contributed by atoms with Crippen LogP contribution in [-0.4, -0.2) is 24.0 Å². The van der Waals surface area contributed by atoms with Crippen molar-refractivity contribution in [3.05, 3.63) is 57.6 Å². The van der Waals surface area contributed by atoms with Crippen LogP contribution < -0.4 is 14.8 Å². The van der Waals surface area contributed by atoms with Gasteiger partial charge in [-0.3, -0.25) is 14.9 Å². The largest absolute Gasteiger partial charge is 0.494 e. The van der Waals surface area contributed by atoms with Gasteiger partial charge in [0.25, 0.3) is 11.6 Å². The molecule has 2 aromatic carbocycles. The molecule has 0 fully saturated rings. The van der Waals surface area contributed by atoms with Crippen molar-refractivity contribution in [2.24, 2.45) is 0 Å². The molecule has 0 bridgehead atoms. The number of halogens is 1. The summed E-state index contributed by atoms with van der Waals surface area (Å²) in [5.41, 5.74) is -0.00364. The van der Waals surface area contributed by atoms with Gasteiger partial charge in [-0.25, -0.2) is 0 Å². The monoisotopic (exact) mass is 364 g/mol. The highest BCUT2D eigenvalue weighted by atomic mass is 35.5. The average Bonchev–Trinajstić information content (AvgIpc) is 2.60. The second-order valence-electron chi connectivity index (χ2n) is 5.08. The third-order valence-electron chi connectivity index (χ3n) is 3.09. The lowest BCUT2D eigenvalue weighted by Gasteiger charge is -2.09. The van der Waals surface area contributed by atoms with Crippen LogP contribution in [0.25, 0.3) is 0 Å². The molecule has 2 aromatic rings. The summed E-state index contributed by atoms with van der Waals surface area (Å²) in [5.74, 6) is 0.802. The first-order valence-electron chi connectivity index (χ1n) is 7.59. The Bertz CT molecular complexity index is 749. The molecule has 0 aliphatic heterocycles. The van der Waals surface area contributed by atoms with E-state index in [0.29, 0.717) is 12.4 Å². The van der Waals surface area contributed by atoms with E-state index in [9.17, 15) is 14.9 Å². The van der Waals surface area contributed by atoms with Gasteiger partial charge in [0, 0.05) is 11.8 Å². The number of hydrogen-bond donors (Lipinski definition) is 1. The Kier molecular flexibility index (Phi) is 6.59. The molecular weight excluding hydrogens is 348 g/mol. The van der Waals surface area contributed by atoms with Crippen molar-refractivity contribution in [3.63, 3.8) is 0 Å². The van der Waals surface area contributed by atoms with Crippen LogP contribution in [-0.2, 0) is 4.79 Å². The van der Waals surface area contributed by atoms with E-state index in [-0.39, 0.29) is 23.0 Å². The molecule has 0 aliphatic rings. The van der Waals surface area contributed by atoms with E-state index >= 15 is 0 Å². The molecule has 0 atom stereocenters. The third-order valence-corrected chi connectivity index (χ3v) is 3.41. The maximum atomic E-state index is 11.9. The van der Waals surface area contributed by atoms with Gasteiger partial charge in [-0.2, -0.15) is 0 Å². The standard InChI is InChI=1S/C17H17ClN2O5/c1-2-9-24-13-4-6-14(7-5-13)25-11-17(21)19-12-3-8-15(18)16(10-12)20(22)23/h3-8,10H,2,9,11H2,1H3,(H,19,21). The summed E-state index contributed by atoms with van der Waals surface area (Å²) in [7, 11) is 0. The summed E-state index contributed by atoms with van der Waals surface area (Å²) >= 11 is 5.72. The molecule has 1 amide bonds. The fraction of sp³-hybridized carbons (Fsp3) is 0.235. The van der Waals surface area contributed by atoms with E-state index in [0.717, 1.165) is 12.2 Å². The summed E-state index contributed by atoms with van der Waals surface area (Å²) in [6, 6.07) is 10.9. The molecule has 25 heavy (non-hydrogen) atoms. The van der Waals surface area contributed by atoms with Gasteiger partial charge in [0.15, 0.2) is 6.61 Å². The highest BCUT2D eigenvalue weighted by molar-refractivity contribution is 6.32. The van der Waals surface area contributed by atoms with E-state index in [4.69, 9.17) is 21.1 Å². The number of rotatable bonds is 8. The van der Waals surface area contributed by atoms with Gasteiger partial charge >= 0.3 is 0 Å². The first-order chi connectivity index (χ1) is 12.0. The Balaban J connectivity index is 1.88. The van der Waals surface area contributed by atoms with Crippen molar-refractivity contribution in [1.29, 1.82) is 0 Å². The molecule has 1 N–H and O–H groups in total. The fourth-order valence-electron chi connectivity index (χ4n) is 1.93. The SMILES string of the molecule is CCCOc1ccc(OCC(=O)Nc2ccc(Cl)c([N+](=O)[O-])c2)cc1. The number of hydrogen-bond acceptors (Lipinski definition) is 5. The van der Waals surface area contributed by atoms with Crippen molar-refractivity contribution < 1.29 is 19.2 Å². The van der Waals surface area contributed by atoms with Crippen molar-refractivity contribution in [1.82, 2.24) is 0 Å². The lowest BCUT2D eigenvalue weighted by molar-refractivity contribution is -0.384. The van der Waals surface area contributed by atoms with Gasteiger partial charge < -0.3 is 14.8 Å². The zero-order valence-electron chi connectivity index (χ0n) is 13.5. The van der Waals surface area contributed by atoms with Crippen LogP contribution in [0.1, 0.15) is 13.3 Å². The van der Waals surface area contributed by atoms with Gasteiger partial charge in [0.1, 0.15) is 16.5 Å². The minimum Gasteiger partial charge on any atom is -0.494 e. The molecular formula is C17H17ClN2O5. The topological polar surface area (TPSA) is 90.7 Å². The minimum atomic E-state index is -0.614. The number of nitro groups is 1. The second kappa shape index (κ2) is 8.89. The van der Waals surface area contributed by atoms with E-state index < -0.39 is 10.8 Å². The quantitative estimate of drug-likeness (QED) is 0.563. The van der Waals surface area contributed by atoms with Crippen LogP contribution in [0.2, 0.25) is 5.02 Å². The van der Waals surface area contributed by atoms with Gasteiger partial charge in [-0.15, -0.1) is 0 Å². The van der Waals surface area contributed by atoms with E-state index in [1.54, 1.807) is 24.3 Å². The first kappa shape index (κ1) is 18.5. The van der Waals surface area contributed by atoms with Crippen molar-refractivity contribution in [2.75, 3.05) is 18.5 Å². The Morgan fingerprint density at radius 1 is 1.16 bits per heavy atom. The van der Waals surface area contributed by atoms with E-state index in [1.165, 1.54) is 18.2 Å². The highest BCUT2D eigenvalue weighted by Crippen LogP contribution is 2.27. The minimum absolute atomic E-state index is 0.00429. The van der Waals surface area contributed by atoms with Crippen LogP contribution in [0.3, 0.4) is 0 Å². The van der Waals surface area contributed by atoms with Crippen molar-refractivity contribution in [2.45, 2.75) is 13.3 Å².